The zero-order chi connectivity index (χ0) is 15.6. The highest BCUT2D eigenvalue weighted by atomic mass is 19.1. The monoisotopic (exact) mass is 286 g/mol. The number of carbonyl (C=O) groups excluding carboxylic acids is 1. The van der Waals surface area contributed by atoms with Crippen LogP contribution in [0.1, 0.15) is 42.3 Å². The summed E-state index contributed by atoms with van der Waals surface area (Å²) >= 11 is 0. The SMILES string of the molecule is Cc1ccc(C(C)(C)C)c(Oc2c(F)cccc2C=O)c1. The number of hydrogen-bond acceptors (Lipinski definition) is 2. The summed E-state index contributed by atoms with van der Waals surface area (Å²) in [5, 5.41) is 0. The van der Waals surface area contributed by atoms with Crippen molar-refractivity contribution in [2.24, 2.45) is 0 Å². The average Bonchev–Trinajstić information content (AvgIpc) is 2.39. The average molecular weight is 286 g/mol. The van der Waals surface area contributed by atoms with Gasteiger partial charge >= 0.3 is 0 Å². The van der Waals surface area contributed by atoms with Crippen molar-refractivity contribution >= 4 is 6.29 Å². The van der Waals surface area contributed by atoms with Gasteiger partial charge in [-0.05, 0) is 36.1 Å². The zero-order valence-electron chi connectivity index (χ0n) is 12.7. The smallest absolute Gasteiger partial charge is 0.173 e. The number of para-hydroxylation sites is 1. The molecule has 0 aliphatic heterocycles. The van der Waals surface area contributed by atoms with Gasteiger partial charge in [-0.3, -0.25) is 4.79 Å². The number of halogens is 1. The third kappa shape index (κ3) is 3.30. The zero-order valence-corrected chi connectivity index (χ0v) is 12.7. The molecular formula is C18H19FO2. The molecule has 0 aliphatic carbocycles. The first-order chi connectivity index (χ1) is 9.82. The van der Waals surface area contributed by atoms with Crippen molar-refractivity contribution in [1.82, 2.24) is 0 Å². The molecule has 0 N–H and O–H groups in total. The van der Waals surface area contributed by atoms with E-state index in [2.05, 4.69) is 20.8 Å². The van der Waals surface area contributed by atoms with Gasteiger partial charge in [0.25, 0.3) is 0 Å². The van der Waals surface area contributed by atoms with Gasteiger partial charge in [0.05, 0.1) is 5.56 Å². The van der Waals surface area contributed by atoms with Crippen molar-refractivity contribution in [3.63, 3.8) is 0 Å². The van der Waals surface area contributed by atoms with Crippen molar-refractivity contribution in [3.05, 3.63) is 58.9 Å². The van der Waals surface area contributed by atoms with Crippen LogP contribution in [0.25, 0.3) is 0 Å². The Balaban J connectivity index is 2.54. The third-order valence-electron chi connectivity index (χ3n) is 3.28. The van der Waals surface area contributed by atoms with E-state index in [1.807, 2.05) is 25.1 Å². The summed E-state index contributed by atoms with van der Waals surface area (Å²) in [4.78, 5) is 11.1. The van der Waals surface area contributed by atoms with Gasteiger partial charge in [-0.25, -0.2) is 4.39 Å². The van der Waals surface area contributed by atoms with Crippen LogP contribution in [0.15, 0.2) is 36.4 Å². The first-order valence-corrected chi connectivity index (χ1v) is 6.85. The van der Waals surface area contributed by atoms with E-state index >= 15 is 0 Å². The summed E-state index contributed by atoms with van der Waals surface area (Å²) < 4.78 is 19.7. The highest BCUT2D eigenvalue weighted by Crippen LogP contribution is 2.36. The molecule has 0 bridgehead atoms. The molecule has 2 aromatic rings. The van der Waals surface area contributed by atoms with Crippen LogP contribution in [-0.4, -0.2) is 6.29 Å². The molecule has 3 heteroatoms. The second kappa shape index (κ2) is 5.68. The maximum absolute atomic E-state index is 14.0. The van der Waals surface area contributed by atoms with E-state index in [1.54, 1.807) is 0 Å². The minimum absolute atomic E-state index is 0.0244. The molecule has 0 atom stereocenters. The first-order valence-electron chi connectivity index (χ1n) is 6.85. The van der Waals surface area contributed by atoms with Crippen molar-refractivity contribution in [1.29, 1.82) is 0 Å². The molecule has 2 nitrogen and oxygen atoms in total. The standard InChI is InChI=1S/C18H19FO2/c1-12-8-9-14(18(2,3)4)16(10-12)21-17-13(11-20)6-5-7-15(17)19/h5-11H,1-4H3. The number of benzene rings is 2. The van der Waals surface area contributed by atoms with Gasteiger partial charge in [0.1, 0.15) is 5.75 Å². The lowest BCUT2D eigenvalue weighted by Gasteiger charge is -2.23. The molecule has 0 amide bonds. The predicted octanol–water partition coefficient (Wildman–Crippen LogP) is 5.04. The van der Waals surface area contributed by atoms with Gasteiger partial charge in [-0.15, -0.1) is 0 Å². The fourth-order valence-corrected chi connectivity index (χ4v) is 2.17. The fourth-order valence-electron chi connectivity index (χ4n) is 2.17. The largest absolute Gasteiger partial charge is 0.453 e. The minimum Gasteiger partial charge on any atom is -0.453 e. The molecule has 110 valence electrons. The van der Waals surface area contributed by atoms with E-state index in [0.717, 1.165) is 11.1 Å². The van der Waals surface area contributed by atoms with Gasteiger partial charge in [0.15, 0.2) is 17.9 Å². The first kappa shape index (κ1) is 15.2. The maximum Gasteiger partial charge on any atom is 0.173 e. The molecule has 0 aromatic heterocycles. The van der Waals surface area contributed by atoms with Crippen LogP contribution in [0.3, 0.4) is 0 Å². The predicted molar refractivity (Wildman–Crippen MR) is 81.7 cm³/mol. The van der Waals surface area contributed by atoms with Crippen LogP contribution in [0.4, 0.5) is 4.39 Å². The molecule has 0 fully saturated rings. The van der Waals surface area contributed by atoms with Crippen molar-refractivity contribution in [2.75, 3.05) is 0 Å². The van der Waals surface area contributed by atoms with Gasteiger partial charge in [-0.2, -0.15) is 0 Å². The molecule has 2 rings (SSSR count). The number of carbonyl (C=O) groups is 1. The van der Waals surface area contributed by atoms with Crippen molar-refractivity contribution < 1.29 is 13.9 Å². The fraction of sp³-hybridized carbons (Fsp3) is 0.278. The highest BCUT2D eigenvalue weighted by molar-refractivity contribution is 5.79. The Hall–Kier alpha value is -2.16. The van der Waals surface area contributed by atoms with E-state index in [0.29, 0.717) is 12.0 Å². The number of aldehydes is 1. The van der Waals surface area contributed by atoms with Crippen LogP contribution in [0.2, 0.25) is 0 Å². The van der Waals surface area contributed by atoms with Gasteiger partial charge < -0.3 is 4.74 Å². The molecular weight excluding hydrogens is 267 g/mol. The van der Waals surface area contributed by atoms with Gasteiger partial charge in [0.2, 0.25) is 0 Å². The minimum atomic E-state index is -0.541. The van der Waals surface area contributed by atoms with E-state index in [-0.39, 0.29) is 16.7 Å². The summed E-state index contributed by atoms with van der Waals surface area (Å²) in [5.74, 6) is 0.0141. The third-order valence-corrected chi connectivity index (χ3v) is 3.28. The lowest BCUT2D eigenvalue weighted by Crippen LogP contribution is -2.13. The summed E-state index contributed by atoms with van der Waals surface area (Å²) in [5.41, 5.74) is 2.04. The molecule has 0 saturated heterocycles. The molecule has 2 aromatic carbocycles. The Morgan fingerprint density at radius 2 is 1.86 bits per heavy atom. The van der Waals surface area contributed by atoms with E-state index in [1.165, 1.54) is 18.2 Å². The Morgan fingerprint density at radius 3 is 2.48 bits per heavy atom. The number of rotatable bonds is 3. The van der Waals surface area contributed by atoms with Crippen LogP contribution in [0, 0.1) is 12.7 Å². The normalized spacial score (nSPS) is 11.3. The lowest BCUT2D eigenvalue weighted by molar-refractivity contribution is 0.112. The molecule has 0 radical (unpaired) electrons. The Bertz CT molecular complexity index is 669. The summed E-state index contributed by atoms with van der Waals surface area (Å²) in [6.45, 7) is 8.13. The molecule has 0 heterocycles. The maximum atomic E-state index is 14.0. The molecule has 0 unspecified atom stereocenters. The summed E-state index contributed by atoms with van der Waals surface area (Å²) in [6, 6.07) is 10.2. The van der Waals surface area contributed by atoms with Crippen molar-refractivity contribution in [2.45, 2.75) is 33.1 Å². The van der Waals surface area contributed by atoms with Crippen LogP contribution in [0.5, 0.6) is 11.5 Å². The van der Waals surface area contributed by atoms with E-state index in [9.17, 15) is 9.18 Å². The number of aryl methyl sites for hydroxylation is 1. The Labute approximate surface area is 124 Å². The van der Waals surface area contributed by atoms with Crippen LogP contribution >= 0.6 is 0 Å². The Morgan fingerprint density at radius 1 is 1.14 bits per heavy atom. The quantitative estimate of drug-likeness (QED) is 0.739. The van der Waals surface area contributed by atoms with Crippen LogP contribution in [-0.2, 0) is 5.41 Å². The summed E-state index contributed by atoms with van der Waals surface area (Å²) in [6.07, 6.45) is 0.602. The Kier molecular flexibility index (Phi) is 4.12. The van der Waals surface area contributed by atoms with Gasteiger partial charge in [0, 0.05) is 5.56 Å². The summed E-state index contributed by atoms with van der Waals surface area (Å²) in [7, 11) is 0. The highest BCUT2D eigenvalue weighted by Gasteiger charge is 2.21. The molecule has 21 heavy (non-hydrogen) atoms. The molecule has 0 spiro atoms. The number of hydrogen-bond donors (Lipinski definition) is 0. The van der Waals surface area contributed by atoms with Gasteiger partial charge in [-0.1, -0.05) is 39.0 Å². The lowest BCUT2D eigenvalue weighted by atomic mass is 9.86. The van der Waals surface area contributed by atoms with Crippen LogP contribution < -0.4 is 4.74 Å². The van der Waals surface area contributed by atoms with E-state index in [4.69, 9.17) is 4.74 Å². The topological polar surface area (TPSA) is 26.3 Å². The second-order valence-electron chi connectivity index (χ2n) is 6.13. The second-order valence-corrected chi connectivity index (χ2v) is 6.13. The molecule has 0 aliphatic rings. The number of ether oxygens (including phenoxy) is 1. The van der Waals surface area contributed by atoms with Crippen molar-refractivity contribution in [3.8, 4) is 11.5 Å². The van der Waals surface area contributed by atoms with E-state index < -0.39 is 5.82 Å². The molecule has 0 saturated carbocycles.